The van der Waals surface area contributed by atoms with Gasteiger partial charge in [-0.05, 0) is 50.6 Å². The highest BCUT2D eigenvalue weighted by atomic mass is 16.5. The van der Waals surface area contributed by atoms with Crippen LogP contribution in [-0.2, 0) is 0 Å². The molecule has 1 aromatic carbocycles. The molecule has 2 aromatic rings. The minimum atomic E-state index is -0.225. The summed E-state index contributed by atoms with van der Waals surface area (Å²) in [6, 6.07) is 6.21. The molecule has 0 bridgehead atoms. The van der Waals surface area contributed by atoms with Gasteiger partial charge in [-0.1, -0.05) is 6.08 Å². The SMILES string of the molecule is Cc1ccnc2cc3c(cc12)OC(C)(C)C=C3. The van der Waals surface area contributed by atoms with Crippen LogP contribution in [0.4, 0.5) is 0 Å². The molecule has 2 heterocycles. The van der Waals surface area contributed by atoms with Gasteiger partial charge in [0.25, 0.3) is 0 Å². The van der Waals surface area contributed by atoms with Gasteiger partial charge in [0, 0.05) is 17.1 Å². The maximum absolute atomic E-state index is 5.97. The molecule has 1 aliphatic heterocycles. The average molecular weight is 225 g/mol. The van der Waals surface area contributed by atoms with Gasteiger partial charge in [-0.25, -0.2) is 0 Å². The van der Waals surface area contributed by atoms with E-state index in [1.54, 1.807) is 0 Å². The minimum absolute atomic E-state index is 0.225. The largest absolute Gasteiger partial charge is 0.483 e. The second-order valence-corrected chi connectivity index (χ2v) is 5.07. The highest BCUT2D eigenvalue weighted by Crippen LogP contribution is 2.34. The zero-order chi connectivity index (χ0) is 12.0. The Morgan fingerprint density at radius 2 is 2.06 bits per heavy atom. The van der Waals surface area contributed by atoms with Crippen LogP contribution < -0.4 is 4.74 Å². The summed E-state index contributed by atoms with van der Waals surface area (Å²) in [5.41, 5.74) is 3.14. The van der Waals surface area contributed by atoms with Crippen molar-refractivity contribution >= 4 is 17.0 Å². The van der Waals surface area contributed by atoms with Crippen LogP contribution in [0.1, 0.15) is 25.0 Å². The Hall–Kier alpha value is -1.83. The summed E-state index contributed by atoms with van der Waals surface area (Å²) in [6.45, 7) is 6.22. The van der Waals surface area contributed by atoms with E-state index in [1.807, 2.05) is 12.3 Å². The monoisotopic (exact) mass is 225 g/mol. The Labute approximate surface area is 101 Å². The Morgan fingerprint density at radius 1 is 1.24 bits per heavy atom. The van der Waals surface area contributed by atoms with Crippen molar-refractivity contribution in [2.24, 2.45) is 0 Å². The standard InChI is InChI=1S/C15H15NO/c1-10-5-7-16-13-8-11-4-6-15(2,3)17-14(11)9-12(10)13/h4-9H,1-3H3. The topological polar surface area (TPSA) is 22.1 Å². The normalized spacial score (nSPS) is 16.6. The molecule has 2 heteroatoms. The van der Waals surface area contributed by atoms with Gasteiger partial charge in [0.05, 0.1) is 5.52 Å². The van der Waals surface area contributed by atoms with Crippen molar-refractivity contribution in [2.75, 3.05) is 0 Å². The molecule has 0 spiro atoms. The number of fused-ring (bicyclic) bond motifs is 2. The number of nitrogens with zero attached hydrogens (tertiary/aromatic N) is 1. The lowest BCUT2D eigenvalue weighted by Crippen LogP contribution is -2.27. The summed E-state index contributed by atoms with van der Waals surface area (Å²) in [5, 5.41) is 1.16. The van der Waals surface area contributed by atoms with Crippen molar-refractivity contribution in [2.45, 2.75) is 26.4 Å². The van der Waals surface area contributed by atoms with Gasteiger partial charge in [0.1, 0.15) is 11.4 Å². The molecule has 0 fully saturated rings. The number of aryl methyl sites for hydroxylation is 1. The fourth-order valence-corrected chi connectivity index (χ4v) is 2.15. The number of hydrogen-bond donors (Lipinski definition) is 0. The Morgan fingerprint density at radius 3 is 2.88 bits per heavy atom. The van der Waals surface area contributed by atoms with Crippen LogP contribution in [0.15, 0.2) is 30.5 Å². The number of aromatic nitrogens is 1. The third-order valence-electron chi connectivity index (χ3n) is 3.13. The third kappa shape index (κ3) is 1.70. The van der Waals surface area contributed by atoms with E-state index in [0.29, 0.717) is 0 Å². The second kappa shape index (κ2) is 3.33. The first kappa shape index (κ1) is 10.3. The number of pyridine rings is 1. The molecule has 0 atom stereocenters. The van der Waals surface area contributed by atoms with Gasteiger partial charge in [-0.3, -0.25) is 4.98 Å². The van der Waals surface area contributed by atoms with Crippen LogP contribution in [-0.4, -0.2) is 10.6 Å². The first-order valence-electron chi connectivity index (χ1n) is 5.83. The van der Waals surface area contributed by atoms with Crippen molar-refractivity contribution in [3.63, 3.8) is 0 Å². The molecular weight excluding hydrogens is 210 g/mol. The van der Waals surface area contributed by atoms with E-state index in [-0.39, 0.29) is 5.60 Å². The molecule has 0 saturated heterocycles. The first-order chi connectivity index (χ1) is 8.05. The molecule has 0 saturated carbocycles. The van der Waals surface area contributed by atoms with Crippen molar-refractivity contribution in [3.8, 4) is 5.75 Å². The summed E-state index contributed by atoms with van der Waals surface area (Å²) in [6.07, 6.45) is 6.04. The Balaban J connectivity index is 2.27. The summed E-state index contributed by atoms with van der Waals surface area (Å²) in [7, 11) is 0. The minimum Gasteiger partial charge on any atom is -0.483 e. The summed E-state index contributed by atoms with van der Waals surface area (Å²) >= 11 is 0. The van der Waals surface area contributed by atoms with E-state index >= 15 is 0 Å². The Bertz CT molecular complexity index is 626. The first-order valence-corrected chi connectivity index (χ1v) is 5.83. The van der Waals surface area contributed by atoms with Crippen LogP contribution in [0.3, 0.4) is 0 Å². The van der Waals surface area contributed by atoms with Crippen LogP contribution in [0.5, 0.6) is 5.75 Å². The number of benzene rings is 1. The molecule has 86 valence electrons. The lowest BCUT2D eigenvalue weighted by Gasteiger charge is -2.28. The molecule has 1 aromatic heterocycles. The summed E-state index contributed by atoms with van der Waals surface area (Å²) < 4.78 is 5.97. The highest BCUT2D eigenvalue weighted by molar-refractivity contribution is 5.87. The molecule has 1 aliphatic rings. The van der Waals surface area contributed by atoms with Gasteiger partial charge in [-0.2, -0.15) is 0 Å². The summed E-state index contributed by atoms with van der Waals surface area (Å²) in [5.74, 6) is 0.945. The predicted molar refractivity (Wildman–Crippen MR) is 70.2 cm³/mol. The van der Waals surface area contributed by atoms with Gasteiger partial charge in [-0.15, -0.1) is 0 Å². The van der Waals surface area contributed by atoms with E-state index < -0.39 is 0 Å². The quantitative estimate of drug-likeness (QED) is 0.681. The van der Waals surface area contributed by atoms with Gasteiger partial charge >= 0.3 is 0 Å². The lowest BCUT2D eigenvalue weighted by molar-refractivity contribution is 0.159. The maximum Gasteiger partial charge on any atom is 0.128 e. The smallest absolute Gasteiger partial charge is 0.128 e. The molecule has 0 N–H and O–H groups in total. The van der Waals surface area contributed by atoms with E-state index in [9.17, 15) is 0 Å². The molecule has 0 unspecified atom stereocenters. The van der Waals surface area contributed by atoms with E-state index in [1.165, 1.54) is 5.56 Å². The average Bonchev–Trinajstić information content (AvgIpc) is 2.27. The van der Waals surface area contributed by atoms with Crippen LogP contribution in [0, 0.1) is 6.92 Å². The number of ether oxygens (including phenoxy) is 1. The van der Waals surface area contributed by atoms with Crippen LogP contribution >= 0.6 is 0 Å². The highest BCUT2D eigenvalue weighted by Gasteiger charge is 2.22. The molecule has 0 aliphatic carbocycles. The van der Waals surface area contributed by atoms with Crippen LogP contribution in [0.25, 0.3) is 17.0 Å². The van der Waals surface area contributed by atoms with Crippen molar-refractivity contribution in [3.05, 3.63) is 41.6 Å². The lowest BCUT2D eigenvalue weighted by atomic mass is 10.00. The summed E-state index contributed by atoms with van der Waals surface area (Å²) in [4.78, 5) is 4.40. The Kier molecular flexibility index (Phi) is 2.02. The van der Waals surface area contributed by atoms with E-state index in [0.717, 1.165) is 22.2 Å². The number of hydrogen-bond acceptors (Lipinski definition) is 2. The zero-order valence-electron chi connectivity index (χ0n) is 10.3. The van der Waals surface area contributed by atoms with E-state index in [2.05, 4.69) is 50.0 Å². The molecule has 2 nitrogen and oxygen atoms in total. The molecule has 3 rings (SSSR count). The molecule has 17 heavy (non-hydrogen) atoms. The molecular formula is C15H15NO. The predicted octanol–water partition coefficient (Wildman–Crippen LogP) is 3.73. The van der Waals surface area contributed by atoms with Crippen molar-refractivity contribution in [1.82, 2.24) is 4.98 Å². The van der Waals surface area contributed by atoms with Gasteiger partial charge in [0.2, 0.25) is 0 Å². The van der Waals surface area contributed by atoms with E-state index in [4.69, 9.17) is 4.74 Å². The number of rotatable bonds is 0. The van der Waals surface area contributed by atoms with Crippen molar-refractivity contribution < 1.29 is 4.74 Å². The van der Waals surface area contributed by atoms with Gasteiger partial charge in [0.15, 0.2) is 0 Å². The molecule has 0 amide bonds. The fraction of sp³-hybridized carbons (Fsp3) is 0.267. The van der Waals surface area contributed by atoms with Gasteiger partial charge < -0.3 is 4.74 Å². The maximum atomic E-state index is 5.97. The second-order valence-electron chi connectivity index (χ2n) is 5.07. The van der Waals surface area contributed by atoms with Crippen LogP contribution in [0.2, 0.25) is 0 Å². The molecule has 0 radical (unpaired) electrons. The third-order valence-corrected chi connectivity index (χ3v) is 3.13. The zero-order valence-corrected chi connectivity index (χ0v) is 10.3. The van der Waals surface area contributed by atoms with Crippen molar-refractivity contribution in [1.29, 1.82) is 0 Å². The fourth-order valence-electron chi connectivity index (χ4n) is 2.15.